The van der Waals surface area contributed by atoms with E-state index >= 15 is 0 Å². The number of benzene rings is 1. The fourth-order valence-corrected chi connectivity index (χ4v) is 0.866. The lowest BCUT2D eigenvalue weighted by molar-refractivity contribution is 0.474. The van der Waals surface area contributed by atoms with Crippen LogP contribution in [0.15, 0.2) is 29.4 Å². The fourth-order valence-electron chi connectivity index (χ4n) is 0.813. The maximum Gasteiger partial charge on any atom is 0.186 e. The van der Waals surface area contributed by atoms with Crippen LogP contribution in [0, 0.1) is 0 Å². The number of para-hydroxylation sites is 1. The summed E-state index contributed by atoms with van der Waals surface area (Å²) in [5, 5.41) is 16.3. The molecule has 3 N–H and O–H groups in total. The molecule has 0 spiro atoms. The van der Waals surface area contributed by atoms with Crippen molar-refractivity contribution < 1.29 is 5.11 Å². The van der Waals surface area contributed by atoms with Gasteiger partial charge >= 0.3 is 0 Å². The lowest BCUT2D eigenvalue weighted by Crippen LogP contribution is -2.28. The molecule has 0 atom stereocenters. The minimum Gasteiger partial charge on any atom is -0.507 e. The first-order chi connectivity index (χ1) is 6.74. The van der Waals surface area contributed by atoms with Crippen LogP contribution in [-0.4, -0.2) is 23.5 Å². The summed E-state index contributed by atoms with van der Waals surface area (Å²) in [5.41, 5.74) is 3.22. The number of rotatable bonds is 2. The minimum absolute atomic E-state index is 0.188. The SMILES string of the molecule is CNC(=S)NN=Cc1ccccc1O. The van der Waals surface area contributed by atoms with Crippen molar-refractivity contribution in [3.8, 4) is 5.75 Å². The Morgan fingerprint density at radius 3 is 2.86 bits per heavy atom. The van der Waals surface area contributed by atoms with E-state index < -0.39 is 0 Å². The van der Waals surface area contributed by atoms with Gasteiger partial charge in [0.15, 0.2) is 5.11 Å². The molecule has 0 saturated heterocycles. The predicted octanol–water partition coefficient (Wildman–Crippen LogP) is 0.820. The van der Waals surface area contributed by atoms with Crippen molar-refractivity contribution in [2.75, 3.05) is 7.05 Å². The number of phenols is 1. The Hall–Kier alpha value is -1.62. The van der Waals surface area contributed by atoms with Gasteiger partial charge in [0.05, 0.1) is 6.21 Å². The summed E-state index contributed by atoms with van der Waals surface area (Å²) >= 11 is 4.81. The zero-order valence-electron chi connectivity index (χ0n) is 7.69. The van der Waals surface area contributed by atoms with Crippen LogP contribution < -0.4 is 10.7 Å². The molecule has 1 rings (SSSR count). The Kier molecular flexibility index (Phi) is 3.87. The summed E-state index contributed by atoms with van der Waals surface area (Å²) in [7, 11) is 1.70. The number of hydrogen-bond donors (Lipinski definition) is 3. The molecular weight excluding hydrogens is 198 g/mol. The third-order valence-electron chi connectivity index (χ3n) is 1.53. The second kappa shape index (κ2) is 5.18. The van der Waals surface area contributed by atoms with Crippen LogP contribution in [0.4, 0.5) is 0 Å². The minimum atomic E-state index is 0.188. The van der Waals surface area contributed by atoms with Crippen molar-refractivity contribution in [3.63, 3.8) is 0 Å². The second-order valence-corrected chi connectivity index (χ2v) is 2.92. The van der Waals surface area contributed by atoms with Gasteiger partial charge in [-0.1, -0.05) is 12.1 Å². The first kappa shape index (κ1) is 10.5. The van der Waals surface area contributed by atoms with Crippen LogP contribution in [0.1, 0.15) is 5.56 Å². The van der Waals surface area contributed by atoms with Gasteiger partial charge in [0, 0.05) is 12.6 Å². The topological polar surface area (TPSA) is 56.7 Å². The first-order valence-corrected chi connectivity index (χ1v) is 4.43. The highest BCUT2D eigenvalue weighted by Gasteiger charge is 1.94. The Morgan fingerprint density at radius 2 is 2.21 bits per heavy atom. The molecule has 0 saturated carbocycles. The molecular formula is C9H11N3OS. The summed E-state index contributed by atoms with van der Waals surface area (Å²) in [6, 6.07) is 6.91. The largest absolute Gasteiger partial charge is 0.507 e. The molecule has 0 heterocycles. The van der Waals surface area contributed by atoms with Crippen LogP contribution in [0.2, 0.25) is 0 Å². The number of hydrazone groups is 1. The molecule has 0 radical (unpaired) electrons. The highest BCUT2D eigenvalue weighted by Crippen LogP contribution is 2.12. The summed E-state index contributed by atoms with van der Waals surface area (Å²) in [6.45, 7) is 0. The maximum absolute atomic E-state index is 9.37. The molecule has 0 fully saturated rings. The number of thiocarbonyl (C=S) groups is 1. The highest BCUT2D eigenvalue weighted by atomic mass is 32.1. The molecule has 0 aliphatic carbocycles. The van der Waals surface area contributed by atoms with Crippen molar-refractivity contribution in [1.82, 2.24) is 10.7 Å². The number of aromatic hydroxyl groups is 1. The number of hydrogen-bond acceptors (Lipinski definition) is 3. The molecule has 0 aliphatic heterocycles. The summed E-state index contributed by atoms with van der Waals surface area (Å²) < 4.78 is 0. The zero-order valence-corrected chi connectivity index (χ0v) is 8.51. The van der Waals surface area contributed by atoms with Crippen molar-refractivity contribution in [2.24, 2.45) is 5.10 Å². The van der Waals surface area contributed by atoms with Crippen LogP contribution in [0.25, 0.3) is 0 Å². The van der Waals surface area contributed by atoms with Crippen LogP contribution in [0.3, 0.4) is 0 Å². The second-order valence-electron chi connectivity index (χ2n) is 2.51. The summed E-state index contributed by atoms with van der Waals surface area (Å²) in [5.74, 6) is 0.188. The van der Waals surface area contributed by atoms with Gasteiger partial charge < -0.3 is 10.4 Å². The quantitative estimate of drug-likeness (QED) is 0.383. The fraction of sp³-hybridized carbons (Fsp3) is 0.111. The Balaban J connectivity index is 2.60. The summed E-state index contributed by atoms with van der Waals surface area (Å²) in [4.78, 5) is 0. The lowest BCUT2D eigenvalue weighted by Gasteiger charge is -2.00. The van der Waals surface area contributed by atoms with E-state index in [0.29, 0.717) is 10.7 Å². The van der Waals surface area contributed by atoms with Crippen LogP contribution in [-0.2, 0) is 0 Å². The van der Waals surface area contributed by atoms with E-state index in [-0.39, 0.29) is 5.75 Å². The van der Waals surface area contributed by atoms with E-state index in [1.54, 1.807) is 25.2 Å². The lowest BCUT2D eigenvalue weighted by atomic mass is 10.2. The Morgan fingerprint density at radius 1 is 1.50 bits per heavy atom. The van der Waals surface area contributed by atoms with E-state index in [9.17, 15) is 5.11 Å². The molecule has 14 heavy (non-hydrogen) atoms. The number of phenolic OH excluding ortho intramolecular Hbond substituents is 1. The molecule has 0 amide bonds. The number of nitrogens with zero attached hydrogens (tertiary/aromatic N) is 1. The third kappa shape index (κ3) is 3.02. The normalized spacial score (nSPS) is 10.1. The predicted molar refractivity (Wildman–Crippen MR) is 60.5 cm³/mol. The van der Waals surface area contributed by atoms with Gasteiger partial charge in [-0.15, -0.1) is 0 Å². The van der Waals surface area contributed by atoms with Gasteiger partial charge in [-0.25, -0.2) is 0 Å². The molecule has 1 aromatic rings. The third-order valence-corrected chi connectivity index (χ3v) is 1.83. The first-order valence-electron chi connectivity index (χ1n) is 4.03. The van der Waals surface area contributed by atoms with Crippen molar-refractivity contribution in [1.29, 1.82) is 0 Å². The van der Waals surface area contributed by atoms with Crippen molar-refractivity contribution in [2.45, 2.75) is 0 Å². The molecule has 0 unspecified atom stereocenters. The highest BCUT2D eigenvalue weighted by molar-refractivity contribution is 7.80. The van der Waals surface area contributed by atoms with E-state index in [1.165, 1.54) is 6.21 Å². The van der Waals surface area contributed by atoms with Crippen molar-refractivity contribution >= 4 is 23.5 Å². The molecule has 0 aliphatic rings. The Labute approximate surface area is 87.6 Å². The molecule has 0 aromatic heterocycles. The smallest absolute Gasteiger partial charge is 0.186 e. The van der Waals surface area contributed by atoms with Gasteiger partial charge in [0.25, 0.3) is 0 Å². The average molecular weight is 209 g/mol. The van der Waals surface area contributed by atoms with E-state index in [0.717, 1.165) is 0 Å². The molecule has 0 bridgehead atoms. The van der Waals surface area contributed by atoms with Gasteiger partial charge in [-0.3, -0.25) is 5.43 Å². The van der Waals surface area contributed by atoms with E-state index in [2.05, 4.69) is 15.8 Å². The summed E-state index contributed by atoms with van der Waals surface area (Å²) in [6.07, 6.45) is 1.50. The Bertz CT molecular complexity index is 352. The molecule has 74 valence electrons. The molecule has 4 nitrogen and oxygen atoms in total. The molecule has 5 heteroatoms. The maximum atomic E-state index is 9.37. The van der Waals surface area contributed by atoms with Crippen LogP contribution >= 0.6 is 12.2 Å². The van der Waals surface area contributed by atoms with Gasteiger partial charge in [-0.05, 0) is 24.4 Å². The van der Waals surface area contributed by atoms with Crippen molar-refractivity contribution in [3.05, 3.63) is 29.8 Å². The van der Waals surface area contributed by atoms with Crippen LogP contribution in [0.5, 0.6) is 5.75 Å². The average Bonchev–Trinajstić information content (AvgIpc) is 2.20. The monoisotopic (exact) mass is 209 g/mol. The molecule has 1 aromatic carbocycles. The number of nitrogens with one attached hydrogen (secondary N) is 2. The van der Waals surface area contributed by atoms with Gasteiger partial charge in [-0.2, -0.15) is 5.10 Å². The van der Waals surface area contributed by atoms with Gasteiger partial charge in [0.2, 0.25) is 0 Å². The van der Waals surface area contributed by atoms with Gasteiger partial charge in [0.1, 0.15) is 5.75 Å². The zero-order chi connectivity index (χ0) is 10.4. The van der Waals surface area contributed by atoms with E-state index in [4.69, 9.17) is 12.2 Å². The standard InChI is InChI=1S/C9H11N3OS/c1-10-9(14)12-11-6-7-4-2-3-5-8(7)13/h2-6,13H,1H3,(H2,10,12,14). The van der Waals surface area contributed by atoms with E-state index in [1.807, 2.05) is 6.07 Å².